The van der Waals surface area contributed by atoms with Crippen molar-refractivity contribution in [3.05, 3.63) is 66.7 Å². The fraction of sp³-hybridized carbons (Fsp3) is 0.167. The van der Waals surface area contributed by atoms with Gasteiger partial charge in [-0.15, -0.1) is 6.58 Å². The number of anilines is 1. The normalized spacial score (nSPS) is 10.9. The maximum atomic E-state index is 12.1. The van der Waals surface area contributed by atoms with Crippen LogP contribution in [0.4, 0.5) is 5.69 Å². The monoisotopic (exact) mass is 360 g/mol. The van der Waals surface area contributed by atoms with Gasteiger partial charge in [0.15, 0.2) is 0 Å². The third-order valence-corrected chi connectivity index (χ3v) is 4.83. The van der Waals surface area contributed by atoms with E-state index in [1.54, 1.807) is 31.4 Å². The third-order valence-electron chi connectivity index (χ3n) is 3.39. The Hall–Kier alpha value is -2.64. The number of hydrogen-bond acceptors (Lipinski definition) is 4. The largest absolute Gasteiger partial charge is 0.497 e. The van der Waals surface area contributed by atoms with Gasteiger partial charge in [-0.25, -0.2) is 13.1 Å². The van der Waals surface area contributed by atoms with Gasteiger partial charge in [-0.2, -0.15) is 0 Å². The molecule has 0 aromatic heterocycles. The summed E-state index contributed by atoms with van der Waals surface area (Å²) in [7, 11) is -1.99. The zero-order chi connectivity index (χ0) is 18.3. The first-order valence-corrected chi connectivity index (χ1v) is 9.06. The van der Waals surface area contributed by atoms with Crippen LogP contribution in [0.2, 0.25) is 0 Å². The molecule has 0 radical (unpaired) electrons. The number of sulfonamides is 1. The molecule has 2 N–H and O–H groups in total. The molecule has 0 unspecified atom stereocenters. The summed E-state index contributed by atoms with van der Waals surface area (Å²) in [6.07, 6.45) is 1.68. The standard InChI is InChI=1S/C18H20N2O4S/c1-3-12-19-25(22,23)17-10-6-15(7-11-17)20-18(21)13-14-4-8-16(24-2)9-5-14/h3-11,19H,1,12-13H2,2H3,(H,20,21). The molecule has 6 nitrogen and oxygen atoms in total. The van der Waals surface area contributed by atoms with E-state index >= 15 is 0 Å². The van der Waals surface area contributed by atoms with Crippen molar-refractivity contribution in [2.45, 2.75) is 11.3 Å². The predicted octanol–water partition coefficient (Wildman–Crippen LogP) is 2.34. The minimum Gasteiger partial charge on any atom is -0.497 e. The van der Waals surface area contributed by atoms with E-state index < -0.39 is 10.0 Å². The Labute approximate surface area is 147 Å². The Morgan fingerprint density at radius 3 is 2.32 bits per heavy atom. The highest BCUT2D eigenvalue weighted by Crippen LogP contribution is 2.15. The average molecular weight is 360 g/mol. The molecule has 132 valence electrons. The average Bonchev–Trinajstić information content (AvgIpc) is 2.61. The van der Waals surface area contributed by atoms with Crippen LogP contribution in [0.15, 0.2) is 66.1 Å². The van der Waals surface area contributed by atoms with E-state index in [1.165, 1.54) is 18.2 Å². The molecule has 0 spiro atoms. The van der Waals surface area contributed by atoms with Gasteiger partial charge in [0.05, 0.1) is 18.4 Å². The molecule has 0 fully saturated rings. The number of nitrogens with one attached hydrogen (secondary N) is 2. The van der Waals surface area contributed by atoms with Gasteiger partial charge in [-0.05, 0) is 42.0 Å². The molecular weight excluding hydrogens is 340 g/mol. The van der Waals surface area contributed by atoms with Crippen LogP contribution in [0.25, 0.3) is 0 Å². The lowest BCUT2D eigenvalue weighted by molar-refractivity contribution is -0.115. The van der Waals surface area contributed by atoms with E-state index in [2.05, 4.69) is 16.6 Å². The maximum absolute atomic E-state index is 12.1. The number of carbonyl (C=O) groups excluding carboxylic acids is 1. The summed E-state index contributed by atoms with van der Waals surface area (Å²) >= 11 is 0. The van der Waals surface area contributed by atoms with Crippen LogP contribution in [0.1, 0.15) is 5.56 Å². The molecule has 0 aliphatic rings. The van der Waals surface area contributed by atoms with Crippen LogP contribution in [0.3, 0.4) is 0 Å². The molecule has 0 bridgehead atoms. The number of ether oxygens (including phenoxy) is 1. The Balaban J connectivity index is 1.98. The zero-order valence-corrected chi connectivity index (χ0v) is 14.7. The van der Waals surface area contributed by atoms with Crippen molar-refractivity contribution >= 4 is 21.6 Å². The van der Waals surface area contributed by atoms with Crippen LogP contribution in [0, 0.1) is 0 Å². The number of hydrogen-bond donors (Lipinski definition) is 2. The molecule has 0 atom stereocenters. The molecule has 2 rings (SSSR count). The lowest BCUT2D eigenvalue weighted by atomic mass is 10.1. The molecule has 0 saturated carbocycles. The van der Waals surface area contributed by atoms with Gasteiger partial charge < -0.3 is 10.1 Å². The summed E-state index contributed by atoms with van der Waals surface area (Å²) in [5, 5.41) is 2.74. The van der Waals surface area contributed by atoms with E-state index in [9.17, 15) is 13.2 Å². The van der Waals surface area contributed by atoms with Crippen LogP contribution in [-0.2, 0) is 21.2 Å². The molecular formula is C18H20N2O4S. The Kier molecular flexibility index (Phi) is 6.32. The maximum Gasteiger partial charge on any atom is 0.240 e. The molecule has 0 heterocycles. The highest BCUT2D eigenvalue weighted by molar-refractivity contribution is 7.89. The van der Waals surface area contributed by atoms with Crippen LogP contribution >= 0.6 is 0 Å². The Morgan fingerprint density at radius 1 is 1.12 bits per heavy atom. The first-order valence-electron chi connectivity index (χ1n) is 7.58. The second-order valence-corrected chi connectivity index (χ2v) is 7.00. The first-order chi connectivity index (χ1) is 11.9. The van der Waals surface area contributed by atoms with Gasteiger partial charge in [0.2, 0.25) is 15.9 Å². The van der Waals surface area contributed by atoms with Crippen LogP contribution in [0.5, 0.6) is 5.75 Å². The SMILES string of the molecule is C=CCNS(=O)(=O)c1ccc(NC(=O)Cc2ccc(OC)cc2)cc1. The molecule has 2 aromatic rings. The Bertz CT molecular complexity index is 828. The van der Waals surface area contributed by atoms with Crippen LogP contribution < -0.4 is 14.8 Å². The second kappa shape index (κ2) is 8.46. The fourth-order valence-corrected chi connectivity index (χ4v) is 3.10. The summed E-state index contributed by atoms with van der Waals surface area (Å²) in [6, 6.07) is 13.2. The van der Waals surface area contributed by atoms with Crippen molar-refractivity contribution in [2.75, 3.05) is 19.0 Å². The topological polar surface area (TPSA) is 84.5 Å². The number of rotatable bonds is 8. The smallest absolute Gasteiger partial charge is 0.240 e. The minimum atomic E-state index is -3.57. The number of amides is 1. The van der Waals surface area contributed by atoms with E-state index in [0.717, 1.165) is 11.3 Å². The highest BCUT2D eigenvalue weighted by Gasteiger charge is 2.12. The molecule has 2 aromatic carbocycles. The van der Waals surface area contributed by atoms with Crippen LogP contribution in [-0.4, -0.2) is 28.0 Å². The molecule has 0 aliphatic heterocycles. The zero-order valence-electron chi connectivity index (χ0n) is 13.9. The van der Waals surface area contributed by atoms with Crippen molar-refractivity contribution in [3.8, 4) is 5.75 Å². The predicted molar refractivity (Wildman–Crippen MR) is 97.2 cm³/mol. The summed E-state index contributed by atoms with van der Waals surface area (Å²) in [4.78, 5) is 12.2. The van der Waals surface area contributed by atoms with Gasteiger partial charge in [-0.1, -0.05) is 18.2 Å². The Morgan fingerprint density at radius 2 is 1.76 bits per heavy atom. The summed E-state index contributed by atoms with van der Waals surface area (Å²) in [6.45, 7) is 3.62. The van der Waals surface area contributed by atoms with Gasteiger partial charge >= 0.3 is 0 Å². The van der Waals surface area contributed by atoms with Gasteiger partial charge in [0.1, 0.15) is 5.75 Å². The molecule has 25 heavy (non-hydrogen) atoms. The van der Waals surface area contributed by atoms with Gasteiger partial charge in [-0.3, -0.25) is 4.79 Å². The summed E-state index contributed by atoms with van der Waals surface area (Å²) in [5.41, 5.74) is 1.38. The van der Waals surface area contributed by atoms with E-state index in [1.807, 2.05) is 12.1 Å². The summed E-state index contributed by atoms with van der Waals surface area (Å²) < 4.78 is 31.4. The number of methoxy groups -OCH3 is 1. The molecule has 7 heteroatoms. The van der Waals surface area contributed by atoms with Crippen molar-refractivity contribution < 1.29 is 17.9 Å². The van der Waals surface area contributed by atoms with E-state index in [4.69, 9.17) is 4.74 Å². The number of carbonyl (C=O) groups is 1. The van der Waals surface area contributed by atoms with Crippen molar-refractivity contribution in [1.82, 2.24) is 4.72 Å². The van der Waals surface area contributed by atoms with E-state index in [-0.39, 0.29) is 23.8 Å². The highest BCUT2D eigenvalue weighted by atomic mass is 32.2. The first kappa shape index (κ1) is 18.7. The van der Waals surface area contributed by atoms with Crippen molar-refractivity contribution in [2.24, 2.45) is 0 Å². The second-order valence-electron chi connectivity index (χ2n) is 5.24. The molecule has 0 saturated heterocycles. The van der Waals surface area contributed by atoms with Gasteiger partial charge in [0, 0.05) is 12.2 Å². The molecule has 0 aliphatic carbocycles. The lowest BCUT2D eigenvalue weighted by Gasteiger charge is -2.08. The van der Waals surface area contributed by atoms with Crippen molar-refractivity contribution in [1.29, 1.82) is 0 Å². The van der Waals surface area contributed by atoms with Gasteiger partial charge in [0.25, 0.3) is 0 Å². The van der Waals surface area contributed by atoms with E-state index in [0.29, 0.717) is 5.69 Å². The minimum absolute atomic E-state index is 0.127. The molecule has 1 amide bonds. The third kappa shape index (κ3) is 5.44. The lowest BCUT2D eigenvalue weighted by Crippen LogP contribution is -2.23. The summed E-state index contributed by atoms with van der Waals surface area (Å²) in [5.74, 6) is 0.538. The quantitative estimate of drug-likeness (QED) is 0.708. The number of benzene rings is 2. The fourth-order valence-electron chi connectivity index (χ4n) is 2.10. The van der Waals surface area contributed by atoms with Crippen molar-refractivity contribution in [3.63, 3.8) is 0 Å².